The summed E-state index contributed by atoms with van der Waals surface area (Å²) in [4.78, 5) is 15.8. The smallest absolute Gasteiger partial charge is 0.411 e. The maximum Gasteiger partial charge on any atom is 0.411 e. The number of ether oxygens (including phenoxy) is 1. The standard InChI is InChI=1S/C19H18N2O5S/c1-3-25-19(22)21-14-6-4-7-15(12-14)26-27(23,24)17-10-9-13(2)18-16(17)8-5-11-20-18/h4-12H,3H2,1-2H3,(H,21,22). The molecule has 1 aromatic heterocycles. The van der Waals surface area contributed by atoms with Crippen molar-refractivity contribution < 1.29 is 22.1 Å². The molecule has 0 fully saturated rings. The molecule has 0 aliphatic carbocycles. The third-order valence-corrected chi connectivity index (χ3v) is 5.07. The molecule has 1 N–H and O–H groups in total. The van der Waals surface area contributed by atoms with Crippen molar-refractivity contribution in [2.45, 2.75) is 18.7 Å². The lowest BCUT2D eigenvalue weighted by Gasteiger charge is -2.11. The maximum atomic E-state index is 12.8. The SMILES string of the molecule is CCOC(=O)Nc1cccc(OS(=O)(=O)c2ccc(C)c3ncccc23)c1. The van der Waals surface area contributed by atoms with E-state index in [0.717, 1.165) is 5.56 Å². The molecular weight excluding hydrogens is 368 g/mol. The summed E-state index contributed by atoms with van der Waals surface area (Å²) in [6.07, 6.45) is 0.977. The van der Waals surface area contributed by atoms with Gasteiger partial charge in [0, 0.05) is 23.3 Å². The van der Waals surface area contributed by atoms with Crippen LogP contribution in [0.2, 0.25) is 0 Å². The third kappa shape index (κ3) is 4.17. The van der Waals surface area contributed by atoms with Crippen LogP contribution in [0.25, 0.3) is 10.9 Å². The average molecular weight is 386 g/mol. The zero-order chi connectivity index (χ0) is 19.4. The summed E-state index contributed by atoms with van der Waals surface area (Å²) in [5.41, 5.74) is 1.82. The number of carbonyl (C=O) groups is 1. The minimum atomic E-state index is -4.10. The van der Waals surface area contributed by atoms with Crippen LogP contribution in [0.4, 0.5) is 10.5 Å². The lowest BCUT2D eigenvalue weighted by molar-refractivity contribution is 0.168. The Kier molecular flexibility index (Phi) is 5.27. The van der Waals surface area contributed by atoms with Gasteiger partial charge >= 0.3 is 16.2 Å². The maximum absolute atomic E-state index is 12.8. The van der Waals surface area contributed by atoms with Crippen LogP contribution in [0.5, 0.6) is 5.75 Å². The first-order valence-corrected chi connectivity index (χ1v) is 9.64. The van der Waals surface area contributed by atoms with E-state index >= 15 is 0 Å². The number of aromatic nitrogens is 1. The molecule has 0 aliphatic rings. The second-order valence-electron chi connectivity index (χ2n) is 5.69. The van der Waals surface area contributed by atoms with E-state index in [4.69, 9.17) is 8.92 Å². The van der Waals surface area contributed by atoms with Crippen molar-refractivity contribution in [3.63, 3.8) is 0 Å². The number of hydrogen-bond acceptors (Lipinski definition) is 6. The lowest BCUT2D eigenvalue weighted by Crippen LogP contribution is -2.14. The van der Waals surface area contributed by atoms with Crippen molar-refractivity contribution >= 4 is 32.8 Å². The third-order valence-electron chi connectivity index (χ3n) is 3.76. The van der Waals surface area contributed by atoms with E-state index in [2.05, 4.69) is 10.3 Å². The van der Waals surface area contributed by atoms with Gasteiger partial charge in [0.15, 0.2) is 0 Å². The summed E-state index contributed by atoms with van der Waals surface area (Å²) in [5, 5.41) is 2.98. The van der Waals surface area contributed by atoms with Crippen molar-refractivity contribution in [2.24, 2.45) is 0 Å². The largest absolute Gasteiger partial charge is 0.450 e. The molecule has 3 aromatic rings. The normalized spacial score (nSPS) is 11.2. The molecular formula is C19H18N2O5S. The fraction of sp³-hybridized carbons (Fsp3) is 0.158. The minimum absolute atomic E-state index is 0.0277. The Balaban J connectivity index is 1.92. The Bertz CT molecular complexity index is 1100. The number of nitrogens with zero attached hydrogens (tertiary/aromatic N) is 1. The predicted molar refractivity (Wildman–Crippen MR) is 101 cm³/mol. The number of fused-ring (bicyclic) bond motifs is 1. The molecule has 0 aliphatic heterocycles. The predicted octanol–water partition coefficient (Wildman–Crippen LogP) is 3.88. The summed E-state index contributed by atoms with van der Waals surface area (Å²) in [7, 11) is -4.10. The first-order valence-electron chi connectivity index (χ1n) is 8.23. The van der Waals surface area contributed by atoms with E-state index in [1.807, 2.05) is 6.92 Å². The Morgan fingerprint density at radius 2 is 1.96 bits per heavy atom. The average Bonchev–Trinajstić information content (AvgIpc) is 2.62. The number of benzene rings is 2. The highest BCUT2D eigenvalue weighted by atomic mass is 32.2. The van der Waals surface area contributed by atoms with Crippen LogP contribution in [0, 0.1) is 6.92 Å². The summed E-state index contributed by atoms with van der Waals surface area (Å²) < 4.78 is 35.7. The number of pyridine rings is 1. The highest BCUT2D eigenvalue weighted by molar-refractivity contribution is 7.87. The van der Waals surface area contributed by atoms with Gasteiger partial charge in [0.1, 0.15) is 10.6 Å². The molecule has 0 radical (unpaired) electrons. The van der Waals surface area contributed by atoms with Crippen molar-refractivity contribution in [3.05, 3.63) is 60.3 Å². The van der Waals surface area contributed by atoms with Crippen LogP contribution >= 0.6 is 0 Å². The molecule has 0 saturated carbocycles. The minimum Gasteiger partial charge on any atom is -0.450 e. The molecule has 8 heteroatoms. The Morgan fingerprint density at radius 1 is 1.15 bits per heavy atom. The Hall–Kier alpha value is -3.13. The van der Waals surface area contributed by atoms with E-state index in [9.17, 15) is 13.2 Å². The molecule has 0 unspecified atom stereocenters. The molecule has 0 saturated heterocycles. The van der Waals surface area contributed by atoms with Crippen LogP contribution in [0.15, 0.2) is 59.6 Å². The fourth-order valence-corrected chi connectivity index (χ4v) is 3.70. The van der Waals surface area contributed by atoms with E-state index in [-0.39, 0.29) is 17.3 Å². The Morgan fingerprint density at radius 3 is 2.74 bits per heavy atom. The molecule has 2 aromatic carbocycles. The molecule has 27 heavy (non-hydrogen) atoms. The second-order valence-corrected chi connectivity index (χ2v) is 7.21. The van der Waals surface area contributed by atoms with Gasteiger partial charge in [-0.25, -0.2) is 4.79 Å². The van der Waals surface area contributed by atoms with Gasteiger partial charge in [-0.3, -0.25) is 10.3 Å². The summed E-state index contributed by atoms with van der Waals surface area (Å²) in [5.74, 6) is 0.0712. The van der Waals surface area contributed by atoms with Gasteiger partial charge in [0.05, 0.1) is 12.1 Å². The fourth-order valence-electron chi connectivity index (χ4n) is 2.59. The summed E-state index contributed by atoms with van der Waals surface area (Å²) in [6, 6.07) is 12.6. The highest BCUT2D eigenvalue weighted by Crippen LogP contribution is 2.28. The van der Waals surface area contributed by atoms with Gasteiger partial charge in [-0.15, -0.1) is 0 Å². The highest BCUT2D eigenvalue weighted by Gasteiger charge is 2.21. The van der Waals surface area contributed by atoms with E-state index in [0.29, 0.717) is 16.6 Å². The van der Waals surface area contributed by atoms with Gasteiger partial charge in [0.2, 0.25) is 0 Å². The molecule has 140 valence electrons. The van der Waals surface area contributed by atoms with Crippen molar-refractivity contribution in [1.82, 2.24) is 4.98 Å². The first-order chi connectivity index (χ1) is 12.9. The first kappa shape index (κ1) is 18.7. The number of anilines is 1. The van der Waals surface area contributed by atoms with Gasteiger partial charge < -0.3 is 8.92 Å². The van der Waals surface area contributed by atoms with Crippen LogP contribution in [0.1, 0.15) is 12.5 Å². The molecule has 0 spiro atoms. The van der Waals surface area contributed by atoms with Crippen LogP contribution in [-0.2, 0) is 14.9 Å². The van der Waals surface area contributed by atoms with Gasteiger partial charge in [-0.05, 0) is 49.7 Å². The van der Waals surface area contributed by atoms with Crippen LogP contribution < -0.4 is 9.50 Å². The number of aryl methyl sites for hydroxylation is 1. The number of rotatable bonds is 5. The number of nitrogens with one attached hydrogen (secondary N) is 1. The van der Waals surface area contributed by atoms with Crippen molar-refractivity contribution in [2.75, 3.05) is 11.9 Å². The quantitative estimate of drug-likeness (QED) is 0.669. The van der Waals surface area contributed by atoms with E-state index < -0.39 is 16.2 Å². The van der Waals surface area contributed by atoms with Crippen molar-refractivity contribution in [1.29, 1.82) is 0 Å². The van der Waals surface area contributed by atoms with Crippen LogP contribution in [-0.4, -0.2) is 26.1 Å². The second kappa shape index (κ2) is 7.63. The molecule has 0 bridgehead atoms. The molecule has 0 atom stereocenters. The molecule has 1 amide bonds. The number of hydrogen-bond donors (Lipinski definition) is 1. The topological polar surface area (TPSA) is 94.6 Å². The van der Waals surface area contributed by atoms with E-state index in [1.165, 1.54) is 18.2 Å². The Labute approximate surface area is 157 Å². The summed E-state index contributed by atoms with van der Waals surface area (Å²) in [6.45, 7) is 3.77. The van der Waals surface area contributed by atoms with E-state index in [1.54, 1.807) is 43.5 Å². The summed E-state index contributed by atoms with van der Waals surface area (Å²) >= 11 is 0. The molecule has 7 nitrogen and oxygen atoms in total. The van der Waals surface area contributed by atoms with Gasteiger partial charge in [-0.1, -0.05) is 12.1 Å². The zero-order valence-electron chi connectivity index (χ0n) is 14.8. The van der Waals surface area contributed by atoms with Gasteiger partial charge in [-0.2, -0.15) is 8.42 Å². The van der Waals surface area contributed by atoms with Crippen molar-refractivity contribution in [3.8, 4) is 5.75 Å². The number of amides is 1. The monoisotopic (exact) mass is 386 g/mol. The van der Waals surface area contributed by atoms with Gasteiger partial charge in [0.25, 0.3) is 0 Å². The molecule has 1 heterocycles. The lowest BCUT2D eigenvalue weighted by atomic mass is 10.1. The number of carbonyl (C=O) groups excluding carboxylic acids is 1. The molecule has 3 rings (SSSR count). The van der Waals surface area contributed by atoms with Crippen LogP contribution in [0.3, 0.4) is 0 Å². The zero-order valence-corrected chi connectivity index (χ0v) is 15.6.